The minimum atomic E-state index is -0.391. The van der Waals surface area contributed by atoms with Gasteiger partial charge in [0.1, 0.15) is 5.75 Å². The summed E-state index contributed by atoms with van der Waals surface area (Å²) in [5, 5.41) is 14.4. The van der Waals surface area contributed by atoms with Crippen molar-refractivity contribution in [2.24, 2.45) is 0 Å². The number of ether oxygens (including phenoxy) is 1. The number of hydrogen-bond acceptors (Lipinski definition) is 4. The molecule has 0 saturated carbocycles. The zero-order chi connectivity index (χ0) is 21.3. The van der Waals surface area contributed by atoms with E-state index in [-0.39, 0.29) is 12.5 Å². The van der Waals surface area contributed by atoms with Crippen LogP contribution < -0.4 is 15.4 Å². The molecule has 150 valence electrons. The van der Waals surface area contributed by atoms with Crippen molar-refractivity contribution in [3.05, 3.63) is 95.1 Å². The van der Waals surface area contributed by atoms with Gasteiger partial charge in [0.2, 0.25) is 0 Å². The van der Waals surface area contributed by atoms with Crippen molar-refractivity contribution in [3.8, 4) is 11.8 Å². The van der Waals surface area contributed by atoms with E-state index in [4.69, 9.17) is 10.00 Å². The fourth-order valence-corrected chi connectivity index (χ4v) is 2.73. The van der Waals surface area contributed by atoms with E-state index >= 15 is 0 Å². The second-order valence-corrected chi connectivity index (χ2v) is 6.69. The highest BCUT2D eigenvalue weighted by molar-refractivity contribution is 6.04. The number of anilines is 1. The summed E-state index contributed by atoms with van der Waals surface area (Å²) >= 11 is 0. The van der Waals surface area contributed by atoms with Gasteiger partial charge >= 0.3 is 0 Å². The molecule has 0 unspecified atom stereocenters. The standard InChI is InChI=1S/C24H21N3O3/c1-17-6-8-19(9-7-17)15-26-24(29)21-4-2-3-5-22(21)27-23(28)16-30-20-12-10-18(14-25)11-13-20/h2-13H,15-16H2,1H3,(H,26,29)(H,27,28). The smallest absolute Gasteiger partial charge is 0.262 e. The zero-order valence-corrected chi connectivity index (χ0v) is 16.5. The molecule has 3 rings (SSSR count). The first-order valence-electron chi connectivity index (χ1n) is 9.41. The molecule has 0 bridgehead atoms. The lowest BCUT2D eigenvalue weighted by Crippen LogP contribution is -2.26. The topological polar surface area (TPSA) is 91.2 Å². The molecule has 6 nitrogen and oxygen atoms in total. The van der Waals surface area contributed by atoms with Crippen LogP contribution in [-0.2, 0) is 11.3 Å². The molecule has 3 aromatic rings. The van der Waals surface area contributed by atoms with Crippen LogP contribution in [0.2, 0.25) is 0 Å². The van der Waals surface area contributed by atoms with Crippen molar-refractivity contribution in [3.63, 3.8) is 0 Å². The third-order valence-electron chi connectivity index (χ3n) is 4.37. The Morgan fingerprint density at radius 3 is 2.37 bits per heavy atom. The Labute approximate surface area is 175 Å². The molecule has 0 aliphatic heterocycles. The molecule has 0 saturated heterocycles. The highest BCUT2D eigenvalue weighted by atomic mass is 16.5. The summed E-state index contributed by atoms with van der Waals surface area (Å²) in [5.74, 6) is -0.189. The highest BCUT2D eigenvalue weighted by Crippen LogP contribution is 2.16. The minimum Gasteiger partial charge on any atom is -0.484 e. The van der Waals surface area contributed by atoms with Gasteiger partial charge in [-0.1, -0.05) is 42.0 Å². The van der Waals surface area contributed by atoms with Crippen LogP contribution in [0.15, 0.2) is 72.8 Å². The third kappa shape index (κ3) is 5.69. The van der Waals surface area contributed by atoms with E-state index in [2.05, 4.69) is 10.6 Å². The second kappa shape index (κ2) is 9.89. The average Bonchev–Trinajstić information content (AvgIpc) is 2.78. The summed E-state index contributed by atoms with van der Waals surface area (Å²) in [4.78, 5) is 24.9. The molecular weight excluding hydrogens is 378 g/mol. The molecule has 3 aromatic carbocycles. The van der Waals surface area contributed by atoms with Crippen LogP contribution in [0.5, 0.6) is 5.75 Å². The first-order valence-corrected chi connectivity index (χ1v) is 9.41. The van der Waals surface area contributed by atoms with E-state index in [9.17, 15) is 9.59 Å². The summed E-state index contributed by atoms with van der Waals surface area (Å²) in [6.45, 7) is 2.18. The lowest BCUT2D eigenvalue weighted by atomic mass is 10.1. The van der Waals surface area contributed by atoms with Crippen LogP contribution in [0.25, 0.3) is 0 Å². The van der Waals surface area contributed by atoms with Gasteiger partial charge in [0.05, 0.1) is 22.9 Å². The van der Waals surface area contributed by atoms with Crippen molar-refractivity contribution in [2.75, 3.05) is 11.9 Å². The van der Waals surface area contributed by atoms with Gasteiger partial charge in [-0.05, 0) is 48.9 Å². The molecular formula is C24H21N3O3. The Morgan fingerprint density at radius 2 is 1.67 bits per heavy atom. The predicted octanol–water partition coefficient (Wildman–Crippen LogP) is 3.81. The molecule has 0 aromatic heterocycles. The Morgan fingerprint density at radius 1 is 0.967 bits per heavy atom. The number of amides is 2. The summed E-state index contributed by atoms with van der Waals surface area (Å²) in [6, 6.07) is 23.2. The number of nitrogens with one attached hydrogen (secondary N) is 2. The molecule has 30 heavy (non-hydrogen) atoms. The van der Waals surface area contributed by atoms with Gasteiger partial charge in [0.25, 0.3) is 11.8 Å². The highest BCUT2D eigenvalue weighted by Gasteiger charge is 2.13. The first-order chi connectivity index (χ1) is 14.5. The van der Waals surface area contributed by atoms with E-state index in [1.807, 2.05) is 37.3 Å². The molecule has 2 N–H and O–H groups in total. The van der Waals surface area contributed by atoms with E-state index < -0.39 is 5.91 Å². The van der Waals surface area contributed by atoms with Gasteiger partial charge in [-0.25, -0.2) is 0 Å². The number of nitrogens with zero attached hydrogens (tertiary/aromatic N) is 1. The van der Waals surface area contributed by atoms with Crippen molar-refractivity contribution in [1.82, 2.24) is 5.32 Å². The van der Waals surface area contributed by atoms with Crippen LogP contribution in [0.3, 0.4) is 0 Å². The van der Waals surface area contributed by atoms with Crippen molar-refractivity contribution >= 4 is 17.5 Å². The zero-order valence-electron chi connectivity index (χ0n) is 16.5. The number of para-hydroxylation sites is 1. The van der Waals surface area contributed by atoms with E-state index in [0.29, 0.717) is 29.1 Å². The number of nitriles is 1. The van der Waals surface area contributed by atoms with E-state index in [1.165, 1.54) is 0 Å². The maximum Gasteiger partial charge on any atom is 0.262 e. The second-order valence-electron chi connectivity index (χ2n) is 6.69. The van der Waals surface area contributed by atoms with E-state index in [0.717, 1.165) is 11.1 Å². The summed E-state index contributed by atoms with van der Waals surface area (Å²) in [5.41, 5.74) is 3.44. The number of hydrogen-bond donors (Lipinski definition) is 2. The number of rotatable bonds is 7. The average molecular weight is 399 g/mol. The quantitative estimate of drug-likeness (QED) is 0.632. The van der Waals surface area contributed by atoms with Crippen molar-refractivity contribution in [2.45, 2.75) is 13.5 Å². The summed E-state index contributed by atoms with van der Waals surface area (Å²) in [7, 11) is 0. The molecule has 0 spiro atoms. The van der Waals surface area contributed by atoms with Crippen LogP contribution >= 0.6 is 0 Å². The van der Waals surface area contributed by atoms with Gasteiger partial charge in [0, 0.05) is 6.54 Å². The Bertz CT molecular complexity index is 1070. The number of carbonyl (C=O) groups excluding carboxylic acids is 2. The Balaban J connectivity index is 1.58. The lowest BCUT2D eigenvalue weighted by Gasteiger charge is -2.12. The molecule has 0 heterocycles. The largest absolute Gasteiger partial charge is 0.484 e. The Kier molecular flexibility index (Phi) is 6.80. The van der Waals surface area contributed by atoms with E-state index in [1.54, 1.807) is 48.5 Å². The Hall–Kier alpha value is -4.11. The monoisotopic (exact) mass is 399 g/mol. The van der Waals surface area contributed by atoms with Crippen LogP contribution in [-0.4, -0.2) is 18.4 Å². The lowest BCUT2D eigenvalue weighted by molar-refractivity contribution is -0.118. The fourth-order valence-electron chi connectivity index (χ4n) is 2.73. The molecule has 0 atom stereocenters. The molecule has 0 aliphatic rings. The number of aryl methyl sites for hydroxylation is 1. The molecule has 2 amide bonds. The minimum absolute atomic E-state index is 0.217. The van der Waals surface area contributed by atoms with Gasteiger partial charge in [-0.15, -0.1) is 0 Å². The number of benzene rings is 3. The van der Waals surface area contributed by atoms with Crippen LogP contribution in [0.1, 0.15) is 27.0 Å². The fraction of sp³-hybridized carbons (Fsp3) is 0.125. The first kappa shape index (κ1) is 20.6. The SMILES string of the molecule is Cc1ccc(CNC(=O)c2ccccc2NC(=O)COc2ccc(C#N)cc2)cc1. The summed E-state index contributed by atoms with van der Waals surface area (Å²) in [6.07, 6.45) is 0. The molecule has 0 aliphatic carbocycles. The normalized spacial score (nSPS) is 10.0. The number of carbonyl (C=O) groups is 2. The van der Waals surface area contributed by atoms with Gasteiger partial charge in [-0.2, -0.15) is 5.26 Å². The molecule has 0 fully saturated rings. The van der Waals surface area contributed by atoms with Crippen molar-refractivity contribution < 1.29 is 14.3 Å². The maximum absolute atomic E-state index is 12.6. The van der Waals surface area contributed by atoms with Gasteiger partial charge in [0.15, 0.2) is 6.61 Å². The van der Waals surface area contributed by atoms with Crippen molar-refractivity contribution in [1.29, 1.82) is 5.26 Å². The van der Waals surface area contributed by atoms with Gasteiger partial charge < -0.3 is 15.4 Å². The van der Waals surface area contributed by atoms with Crippen LogP contribution in [0, 0.1) is 18.3 Å². The summed E-state index contributed by atoms with van der Waals surface area (Å²) < 4.78 is 5.43. The maximum atomic E-state index is 12.6. The van der Waals surface area contributed by atoms with Crippen LogP contribution in [0.4, 0.5) is 5.69 Å². The third-order valence-corrected chi connectivity index (χ3v) is 4.37. The molecule has 0 radical (unpaired) electrons. The molecule has 6 heteroatoms. The predicted molar refractivity (Wildman–Crippen MR) is 114 cm³/mol. The van der Waals surface area contributed by atoms with Gasteiger partial charge in [-0.3, -0.25) is 9.59 Å².